The molecule has 1 rings (SSSR count). The molecule has 1 N–H and O–H groups in total. The van der Waals surface area contributed by atoms with Crippen LogP contribution in [0.2, 0.25) is 0 Å². The van der Waals surface area contributed by atoms with E-state index in [0.29, 0.717) is 5.30 Å². The summed E-state index contributed by atoms with van der Waals surface area (Å²) in [5.41, 5.74) is -0.267. The standard InChI is InChI=1S/C6H6NO3P/c8-6-3-4(11)1-2-5(6)7(9)10/h1-3,8H,11H2. The summed E-state index contributed by atoms with van der Waals surface area (Å²) in [6.45, 7) is 0. The molecule has 1 unspecified atom stereocenters. The molecule has 0 saturated carbocycles. The van der Waals surface area contributed by atoms with E-state index >= 15 is 0 Å². The van der Waals surface area contributed by atoms with E-state index in [9.17, 15) is 10.1 Å². The Morgan fingerprint density at radius 2 is 2.18 bits per heavy atom. The highest BCUT2D eigenvalue weighted by Gasteiger charge is 2.10. The van der Waals surface area contributed by atoms with Crippen molar-refractivity contribution in [2.75, 3.05) is 0 Å². The minimum Gasteiger partial charge on any atom is -0.502 e. The van der Waals surface area contributed by atoms with Crippen molar-refractivity contribution in [1.82, 2.24) is 0 Å². The van der Waals surface area contributed by atoms with Crippen LogP contribution in [0.3, 0.4) is 0 Å². The van der Waals surface area contributed by atoms with E-state index in [1.165, 1.54) is 12.1 Å². The molecule has 0 aliphatic heterocycles. The first-order chi connectivity index (χ1) is 5.11. The van der Waals surface area contributed by atoms with Gasteiger partial charge >= 0.3 is 5.69 Å². The molecule has 1 atom stereocenters. The maximum absolute atomic E-state index is 10.2. The zero-order valence-corrected chi connectivity index (χ0v) is 6.68. The maximum Gasteiger partial charge on any atom is 0.310 e. The third kappa shape index (κ3) is 1.65. The number of nitro benzene ring substituents is 1. The van der Waals surface area contributed by atoms with Gasteiger partial charge in [-0.15, -0.1) is 9.24 Å². The zero-order chi connectivity index (χ0) is 8.43. The smallest absolute Gasteiger partial charge is 0.310 e. The topological polar surface area (TPSA) is 63.4 Å². The van der Waals surface area contributed by atoms with E-state index in [-0.39, 0.29) is 11.4 Å². The summed E-state index contributed by atoms with van der Waals surface area (Å²) in [5, 5.41) is 19.9. The van der Waals surface area contributed by atoms with Gasteiger partial charge in [0, 0.05) is 6.07 Å². The highest BCUT2D eigenvalue weighted by molar-refractivity contribution is 7.27. The van der Waals surface area contributed by atoms with Crippen molar-refractivity contribution in [3.8, 4) is 5.75 Å². The average Bonchev–Trinajstić information content (AvgIpc) is 1.85. The van der Waals surface area contributed by atoms with E-state index in [0.717, 1.165) is 0 Å². The molecule has 58 valence electrons. The maximum atomic E-state index is 10.2. The van der Waals surface area contributed by atoms with Crippen LogP contribution in [-0.2, 0) is 0 Å². The van der Waals surface area contributed by atoms with Gasteiger partial charge in [0.2, 0.25) is 0 Å². The van der Waals surface area contributed by atoms with Crippen molar-refractivity contribution in [3.63, 3.8) is 0 Å². The second-order valence-electron chi connectivity index (χ2n) is 2.01. The van der Waals surface area contributed by atoms with Crippen LogP contribution in [-0.4, -0.2) is 10.0 Å². The van der Waals surface area contributed by atoms with Crippen LogP contribution in [0.15, 0.2) is 18.2 Å². The summed E-state index contributed by atoms with van der Waals surface area (Å²) in [7, 11) is 2.34. The Morgan fingerprint density at radius 1 is 1.55 bits per heavy atom. The number of rotatable bonds is 1. The van der Waals surface area contributed by atoms with Crippen LogP contribution in [0, 0.1) is 10.1 Å². The van der Waals surface area contributed by atoms with Crippen molar-refractivity contribution in [3.05, 3.63) is 28.3 Å². The minimum atomic E-state index is -0.626. The Hall–Kier alpha value is -1.15. The van der Waals surface area contributed by atoms with E-state index in [4.69, 9.17) is 5.11 Å². The van der Waals surface area contributed by atoms with Gasteiger partial charge in [-0.25, -0.2) is 0 Å². The van der Waals surface area contributed by atoms with Crippen LogP contribution in [0.25, 0.3) is 0 Å². The van der Waals surface area contributed by atoms with Gasteiger partial charge in [-0.1, -0.05) is 0 Å². The fourth-order valence-electron chi connectivity index (χ4n) is 0.695. The number of benzene rings is 1. The normalized spacial score (nSPS) is 9.55. The molecule has 1 aromatic carbocycles. The Labute approximate surface area is 65.2 Å². The zero-order valence-electron chi connectivity index (χ0n) is 5.52. The summed E-state index contributed by atoms with van der Waals surface area (Å²) in [6, 6.07) is 4.13. The van der Waals surface area contributed by atoms with E-state index in [1.54, 1.807) is 6.07 Å². The van der Waals surface area contributed by atoms with Gasteiger partial charge in [0.15, 0.2) is 5.75 Å². The lowest BCUT2D eigenvalue weighted by Gasteiger charge is -1.95. The molecule has 11 heavy (non-hydrogen) atoms. The fraction of sp³-hybridized carbons (Fsp3) is 0. The molecular weight excluding hydrogens is 165 g/mol. The minimum absolute atomic E-state index is 0.267. The van der Waals surface area contributed by atoms with Gasteiger partial charge in [-0.2, -0.15) is 0 Å². The SMILES string of the molecule is O=[N+]([O-])c1ccc(P)cc1O. The summed E-state index contributed by atoms with van der Waals surface area (Å²) in [6.07, 6.45) is 0. The number of hydrogen-bond donors (Lipinski definition) is 1. The predicted octanol–water partition coefficient (Wildman–Crippen LogP) is 0.801. The largest absolute Gasteiger partial charge is 0.502 e. The molecular formula is C6H6NO3P. The molecule has 0 bridgehead atoms. The van der Waals surface area contributed by atoms with E-state index in [2.05, 4.69) is 9.24 Å². The molecule has 0 fully saturated rings. The second kappa shape index (κ2) is 2.84. The van der Waals surface area contributed by atoms with Gasteiger partial charge in [-0.05, 0) is 17.4 Å². The molecule has 1 aromatic rings. The van der Waals surface area contributed by atoms with Crippen molar-refractivity contribution >= 4 is 20.2 Å². The average molecular weight is 171 g/mol. The van der Waals surface area contributed by atoms with Gasteiger partial charge in [0.05, 0.1) is 4.92 Å². The quantitative estimate of drug-likeness (QED) is 0.386. The molecule has 5 heteroatoms. The number of aromatic hydroxyl groups is 1. The number of phenols is 1. The van der Waals surface area contributed by atoms with Gasteiger partial charge in [0.25, 0.3) is 0 Å². The third-order valence-corrected chi connectivity index (χ3v) is 1.56. The number of nitro groups is 1. The third-order valence-electron chi connectivity index (χ3n) is 1.20. The summed E-state index contributed by atoms with van der Waals surface area (Å²) in [5.74, 6) is -0.303. The Morgan fingerprint density at radius 3 is 2.64 bits per heavy atom. The first-order valence-electron chi connectivity index (χ1n) is 2.84. The van der Waals surface area contributed by atoms with Gasteiger partial charge < -0.3 is 5.11 Å². The van der Waals surface area contributed by atoms with Gasteiger partial charge in [-0.3, -0.25) is 10.1 Å². The number of phenolic OH excluding ortho intramolecular Hbond substituents is 1. The lowest BCUT2D eigenvalue weighted by molar-refractivity contribution is -0.385. The Bertz CT molecular complexity index is 300. The summed E-state index contributed by atoms with van der Waals surface area (Å²) < 4.78 is 0. The van der Waals surface area contributed by atoms with E-state index < -0.39 is 4.92 Å². The van der Waals surface area contributed by atoms with E-state index in [1.807, 2.05) is 0 Å². The first-order valence-corrected chi connectivity index (χ1v) is 3.42. The molecule has 4 nitrogen and oxygen atoms in total. The van der Waals surface area contributed by atoms with Crippen LogP contribution in [0.5, 0.6) is 5.75 Å². The molecule has 0 aliphatic rings. The van der Waals surface area contributed by atoms with Crippen LogP contribution >= 0.6 is 9.24 Å². The molecule has 0 amide bonds. The Balaban J connectivity index is 3.20. The highest BCUT2D eigenvalue weighted by Crippen LogP contribution is 2.23. The van der Waals surface area contributed by atoms with Crippen molar-refractivity contribution in [1.29, 1.82) is 0 Å². The molecule has 0 heterocycles. The number of hydrogen-bond acceptors (Lipinski definition) is 3. The molecule has 0 radical (unpaired) electrons. The van der Waals surface area contributed by atoms with Crippen LogP contribution in [0.4, 0.5) is 5.69 Å². The monoisotopic (exact) mass is 171 g/mol. The van der Waals surface area contributed by atoms with Crippen LogP contribution in [0.1, 0.15) is 0 Å². The first kappa shape index (κ1) is 7.95. The highest BCUT2D eigenvalue weighted by atomic mass is 31.0. The summed E-state index contributed by atoms with van der Waals surface area (Å²) in [4.78, 5) is 9.55. The molecule has 0 aliphatic carbocycles. The molecule has 0 spiro atoms. The second-order valence-corrected chi connectivity index (χ2v) is 2.67. The van der Waals surface area contributed by atoms with Crippen molar-refractivity contribution in [2.24, 2.45) is 0 Å². The molecule has 0 saturated heterocycles. The van der Waals surface area contributed by atoms with Crippen molar-refractivity contribution < 1.29 is 10.0 Å². The van der Waals surface area contributed by atoms with Crippen molar-refractivity contribution in [2.45, 2.75) is 0 Å². The summed E-state index contributed by atoms with van der Waals surface area (Å²) >= 11 is 0. The lowest BCUT2D eigenvalue weighted by atomic mass is 10.3. The fourth-order valence-corrected chi connectivity index (χ4v) is 0.949. The van der Waals surface area contributed by atoms with Gasteiger partial charge in [0.1, 0.15) is 0 Å². The van der Waals surface area contributed by atoms with Crippen LogP contribution < -0.4 is 5.30 Å². The Kier molecular flexibility index (Phi) is 2.06. The molecule has 0 aromatic heterocycles. The lowest BCUT2D eigenvalue weighted by Crippen LogP contribution is -1.93. The number of nitrogens with zero attached hydrogens (tertiary/aromatic N) is 1. The predicted molar refractivity (Wildman–Crippen MR) is 44.1 cm³/mol.